The van der Waals surface area contributed by atoms with Crippen molar-refractivity contribution in [3.05, 3.63) is 201 Å². The van der Waals surface area contributed by atoms with Gasteiger partial charge >= 0.3 is 61.3 Å². The van der Waals surface area contributed by atoms with E-state index in [0.29, 0.717) is 12.1 Å². The van der Waals surface area contributed by atoms with Crippen LogP contribution in [0.25, 0.3) is 16.3 Å². The van der Waals surface area contributed by atoms with Gasteiger partial charge in [0.15, 0.2) is 24.5 Å². The molecule has 0 saturated heterocycles. The van der Waals surface area contributed by atoms with Gasteiger partial charge in [-0.2, -0.15) is 127 Å². The Morgan fingerprint density at radius 2 is 0.631 bits per heavy atom. The van der Waals surface area contributed by atoms with E-state index in [1.807, 2.05) is 77.6 Å². The first-order valence-corrected chi connectivity index (χ1v) is 23.1. The number of methoxy groups -OCH3 is 2. The van der Waals surface area contributed by atoms with Crippen LogP contribution in [0.15, 0.2) is 151 Å². The topological polar surface area (TPSA) is 56.5 Å². The van der Waals surface area contributed by atoms with Gasteiger partial charge in [0, 0.05) is 17.0 Å². The van der Waals surface area contributed by atoms with Crippen LogP contribution in [-0.2, 0) is 75.0 Å². The molecular weight excluding hydrogens is 1190 g/mol. The summed E-state index contributed by atoms with van der Waals surface area (Å²) in [5.41, 5.74) is -29.0. The predicted octanol–water partition coefficient (Wildman–Crippen LogP) is 14.1. The zero-order valence-corrected chi connectivity index (χ0v) is 41.8. The number of esters is 2. The van der Waals surface area contributed by atoms with E-state index in [9.17, 15) is 115 Å². The number of aromatic nitrogens is 1. The number of ether oxygens (including phenoxy) is 2. The molecule has 1 aromatic heterocycles. The smallest absolute Gasteiger partial charge is 0.416 e. The second-order valence-electron chi connectivity index (χ2n) is 18.2. The molecule has 0 bridgehead atoms. The Labute approximate surface area is 456 Å². The number of hydrogen-bond donors (Lipinski definition) is 0. The van der Waals surface area contributed by atoms with Gasteiger partial charge in [-0.25, -0.2) is 14.2 Å². The summed E-state index contributed by atoms with van der Waals surface area (Å²) < 4.78 is 352. The van der Waals surface area contributed by atoms with E-state index in [1.54, 1.807) is 0 Å². The molecule has 448 valence electrons. The molecule has 0 radical (unpaired) electrons. The molecule has 5 nitrogen and oxygen atoms in total. The van der Waals surface area contributed by atoms with Crippen LogP contribution in [0.1, 0.15) is 50.1 Å². The van der Waals surface area contributed by atoms with Crippen LogP contribution >= 0.6 is 0 Å². The molecule has 0 fully saturated rings. The largest absolute Gasteiger partial charge is 0.465 e. The third-order valence-corrected chi connectivity index (χ3v) is 12.7. The maximum Gasteiger partial charge on any atom is 0.416 e. The lowest BCUT2D eigenvalue weighted by Crippen LogP contribution is -2.75. The summed E-state index contributed by atoms with van der Waals surface area (Å²) >= 11 is 0. The number of halogens is 24. The number of alkyl halides is 24. The zero-order chi connectivity index (χ0) is 63.1. The van der Waals surface area contributed by atoms with Gasteiger partial charge in [0.2, 0.25) is 0 Å². The number of rotatable bonds is 9. The summed E-state index contributed by atoms with van der Waals surface area (Å²) in [5.74, 6) is -1.44. The quantitative estimate of drug-likeness (QED) is 0.0275. The monoisotopic (exact) mass is 1230 g/mol. The fourth-order valence-corrected chi connectivity index (χ4v) is 9.02. The number of allylic oxidation sites excluding steroid dienone is 1. The molecule has 0 aliphatic heterocycles. The van der Waals surface area contributed by atoms with Crippen molar-refractivity contribution in [2.45, 2.75) is 56.0 Å². The molecule has 1 heterocycles. The van der Waals surface area contributed by atoms with Crippen molar-refractivity contribution in [1.82, 2.24) is 0 Å². The Bertz CT molecular complexity index is 3150. The van der Waals surface area contributed by atoms with Gasteiger partial charge in [-0.15, -0.1) is 0 Å². The fourth-order valence-electron chi connectivity index (χ4n) is 9.02. The highest BCUT2D eigenvalue weighted by molar-refractivity contribution is 7.20. The fraction of sp³-hybridized carbons (Fsp3) is 0.204. The normalized spacial score (nSPS) is 13.0. The SMILES string of the molecule is COC(=O)C(C(=O)OC)=C(C[n+]1ccc2ccccc2c1)c1ccccc1.FC(F)(F)c1cc([B-](c2cc(C(F)(F)F)cc(C(F)(F)F)c2)(c2cc(C(F)(F)F)cc(C(F)(F)F)c2)c2cc(C(F)(F)F)cc(C(F)(F)F)c2)cc(C(F)(F)F)c1. The lowest BCUT2D eigenvalue weighted by molar-refractivity contribution is -0.683. The first kappa shape index (κ1) is 65.0. The average Bonchev–Trinajstić information content (AvgIpc) is 0.952. The minimum Gasteiger partial charge on any atom is -0.465 e. The van der Waals surface area contributed by atoms with E-state index in [-0.39, 0.29) is 5.57 Å². The summed E-state index contributed by atoms with van der Waals surface area (Å²) in [6, 6.07) is 10.5. The summed E-state index contributed by atoms with van der Waals surface area (Å²) in [6.07, 6.45) is -50.9. The van der Waals surface area contributed by atoms with Crippen LogP contribution in [0.3, 0.4) is 0 Å². The number of pyridine rings is 1. The maximum absolute atomic E-state index is 14.2. The molecular formula is C54H32BF24NO4. The van der Waals surface area contributed by atoms with E-state index < -0.39 is 207 Å². The molecule has 84 heavy (non-hydrogen) atoms. The van der Waals surface area contributed by atoms with E-state index in [1.165, 1.54) is 14.2 Å². The molecule has 0 saturated carbocycles. The van der Waals surface area contributed by atoms with Crippen molar-refractivity contribution in [3.63, 3.8) is 0 Å². The van der Waals surface area contributed by atoms with Crippen LogP contribution < -0.4 is 26.4 Å². The number of hydrogen-bond acceptors (Lipinski definition) is 4. The molecule has 7 rings (SSSR count). The summed E-state index contributed by atoms with van der Waals surface area (Å²) in [7, 11) is 2.49. The molecule has 30 heteroatoms. The lowest BCUT2D eigenvalue weighted by atomic mass is 9.12. The molecule has 0 unspecified atom stereocenters. The van der Waals surface area contributed by atoms with E-state index in [4.69, 9.17) is 9.47 Å². The molecule has 0 N–H and O–H groups in total. The number of nitrogens with zero attached hydrogens (tertiary/aromatic N) is 1. The molecule has 0 atom stereocenters. The van der Waals surface area contributed by atoms with E-state index in [2.05, 4.69) is 0 Å². The minimum atomic E-state index is -6.13. The molecule has 0 amide bonds. The second-order valence-corrected chi connectivity index (χ2v) is 18.2. The number of benzene rings is 6. The zero-order valence-electron chi connectivity index (χ0n) is 41.8. The Morgan fingerprint density at radius 3 is 0.893 bits per heavy atom. The van der Waals surface area contributed by atoms with Crippen molar-refractivity contribution in [1.29, 1.82) is 0 Å². The van der Waals surface area contributed by atoms with Gasteiger partial charge in [-0.05, 0) is 41.3 Å². The van der Waals surface area contributed by atoms with Gasteiger partial charge in [-0.3, -0.25) is 0 Å². The standard InChI is InChI=1S/C32H12BF24.C22H20NO4/c34-25(35,36)13-1-14(26(37,38)39)6-21(5-13)33(22-7-15(27(40,41)42)2-16(8-22)28(43,44)45,23-9-17(29(46,47)48)3-18(10-23)30(49,50)51)24-11-19(31(52,53)54)4-20(12-24)32(55,56)57;1-26-21(24)20(22(25)27-2)19(17-9-4-3-5-10-17)15-23-13-12-16-8-6-7-11-18(16)14-23/h1-12H;3-14H,15H2,1-2H3/q-1;+1. The summed E-state index contributed by atoms with van der Waals surface area (Å²) in [6.45, 7) is 0.314. The highest BCUT2D eigenvalue weighted by Crippen LogP contribution is 2.42. The molecule has 7 aromatic rings. The average molecular weight is 1230 g/mol. The van der Waals surface area contributed by atoms with Crippen molar-refractivity contribution in [2.75, 3.05) is 14.2 Å². The Balaban J connectivity index is 0.000000347. The van der Waals surface area contributed by atoms with Gasteiger partial charge in [-0.1, -0.05) is 97.1 Å². The summed E-state index contributed by atoms with van der Waals surface area (Å²) in [4.78, 5) is 24.7. The highest BCUT2D eigenvalue weighted by Gasteiger charge is 2.47. The van der Waals surface area contributed by atoms with Crippen molar-refractivity contribution in [3.8, 4) is 0 Å². The number of fused-ring (bicyclic) bond motifs is 1. The molecule has 0 spiro atoms. The maximum atomic E-state index is 14.2. The van der Waals surface area contributed by atoms with Crippen LogP contribution in [0, 0.1) is 0 Å². The molecule has 0 aliphatic rings. The number of carbonyl (C=O) groups excluding carboxylic acids is 2. The third kappa shape index (κ3) is 14.6. The Morgan fingerprint density at radius 1 is 0.369 bits per heavy atom. The van der Waals surface area contributed by atoms with Crippen molar-refractivity contribution < 1.29 is 129 Å². The van der Waals surface area contributed by atoms with Crippen LogP contribution in [0.5, 0.6) is 0 Å². The number of carbonyl (C=O) groups is 2. The van der Waals surface area contributed by atoms with E-state index in [0.717, 1.165) is 16.3 Å². The van der Waals surface area contributed by atoms with Crippen LogP contribution in [0.2, 0.25) is 0 Å². The van der Waals surface area contributed by atoms with Gasteiger partial charge in [0.25, 0.3) is 0 Å². The minimum absolute atomic E-state index is 0.105. The molecule has 0 aliphatic carbocycles. The second kappa shape index (κ2) is 23.1. The first-order valence-electron chi connectivity index (χ1n) is 23.1. The summed E-state index contributed by atoms with van der Waals surface area (Å²) in [5, 5.41) is 2.17. The van der Waals surface area contributed by atoms with Gasteiger partial charge in [0.1, 0.15) is 6.15 Å². The third-order valence-electron chi connectivity index (χ3n) is 12.7. The Kier molecular flexibility index (Phi) is 17.9. The van der Waals surface area contributed by atoms with Crippen molar-refractivity contribution in [2.24, 2.45) is 0 Å². The van der Waals surface area contributed by atoms with E-state index >= 15 is 0 Å². The van der Waals surface area contributed by atoms with Crippen LogP contribution in [-0.4, -0.2) is 32.3 Å². The molecule has 6 aromatic carbocycles. The highest BCUT2D eigenvalue weighted by atomic mass is 19.4. The van der Waals surface area contributed by atoms with Gasteiger partial charge in [0.05, 0.1) is 58.7 Å². The lowest BCUT2D eigenvalue weighted by Gasteiger charge is -2.46. The van der Waals surface area contributed by atoms with Crippen molar-refractivity contribution >= 4 is 56.3 Å². The predicted molar refractivity (Wildman–Crippen MR) is 252 cm³/mol. The van der Waals surface area contributed by atoms with Crippen LogP contribution in [0.4, 0.5) is 105 Å². The first-order chi connectivity index (χ1) is 38.4. The Hall–Kier alpha value is -8.21. The van der Waals surface area contributed by atoms with Gasteiger partial charge < -0.3 is 9.47 Å².